The SMILES string of the molecule is Cc1nc(C(=O)N2CCC3(CC2)NC(=O)c2ccccc2O3)cc2c1[nH]c1ccccc12. The van der Waals surface area contributed by atoms with Crippen LogP contribution in [0.2, 0.25) is 0 Å². The van der Waals surface area contributed by atoms with E-state index in [0.29, 0.717) is 42.9 Å². The van der Waals surface area contributed by atoms with Crippen molar-refractivity contribution in [1.82, 2.24) is 20.2 Å². The molecule has 0 saturated carbocycles. The van der Waals surface area contributed by atoms with Crippen molar-refractivity contribution >= 4 is 33.6 Å². The van der Waals surface area contributed by atoms with Crippen LogP contribution in [-0.2, 0) is 0 Å². The molecule has 0 atom stereocenters. The summed E-state index contributed by atoms with van der Waals surface area (Å²) in [5, 5.41) is 5.10. The number of amides is 2. The van der Waals surface area contributed by atoms with Crippen molar-refractivity contribution in [2.24, 2.45) is 0 Å². The molecule has 0 bridgehead atoms. The van der Waals surface area contributed by atoms with Gasteiger partial charge in [0.15, 0.2) is 5.72 Å². The summed E-state index contributed by atoms with van der Waals surface area (Å²) in [7, 11) is 0. The minimum absolute atomic E-state index is 0.0994. The van der Waals surface area contributed by atoms with Gasteiger partial charge in [0.05, 0.1) is 16.8 Å². The van der Waals surface area contributed by atoms with Gasteiger partial charge in [-0.3, -0.25) is 9.59 Å². The number of carbonyl (C=O) groups excluding carboxylic acids is 2. The van der Waals surface area contributed by atoms with Crippen molar-refractivity contribution in [2.45, 2.75) is 25.5 Å². The molecule has 6 rings (SSSR count). The Labute approximate surface area is 184 Å². The molecule has 160 valence electrons. The van der Waals surface area contributed by atoms with Crippen molar-refractivity contribution in [3.63, 3.8) is 0 Å². The Hall–Kier alpha value is -3.87. The Morgan fingerprint density at radius 3 is 2.66 bits per heavy atom. The molecule has 32 heavy (non-hydrogen) atoms. The Morgan fingerprint density at radius 1 is 1.06 bits per heavy atom. The van der Waals surface area contributed by atoms with E-state index in [1.165, 1.54) is 0 Å². The molecule has 0 aliphatic carbocycles. The topological polar surface area (TPSA) is 87.3 Å². The molecule has 1 fully saturated rings. The van der Waals surface area contributed by atoms with E-state index in [2.05, 4.69) is 15.3 Å². The van der Waals surface area contributed by atoms with Crippen LogP contribution in [0.3, 0.4) is 0 Å². The lowest BCUT2D eigenvalue weighted by atomic mass is 9.96. The van der Waals surface area contributed by atoms with Gasteiger partial charge >= 0.3 is 0 Å². The molecule has 2 aromatic heterocycles. The summed E-state index contributed by atoms with van der Waals surface area (Å²) in [6, 6.07) is 17.2. The number of pyridine rings is 1. The van der Waals surface area contributed by atoms with E-state index in [4.69, 9.17) is 4.74 Å². The molecule has 2 aliphatic heterocycles. The lowest BCUT2D eigenvalue weighted by molar-refractivity contribution is -0.0246. The number of likely N-dealkylation sites (tertiary alicyclic amines) is 1. The second-order valence-corrected chi connectivity index (χ2v) is 8.52. The van der Waals surface area contributed by atoms with Gasteiger partial charge in [0.25, 0.3) is 11.8 Å². The Morgan fingerprint density at radius 2 is 1.81 bits per heavy atom. The number of ether oxygens (including phenoxy) is 1. The lowest BCUT2D eigenvalue weighted by Gasteiger charge is -2.44. The number of fused-ring (bicyclic) bond motifs is 4. The van der Waals surface area contributed by atoms with E-state index in [1.54, 1.807) is 11.0 Å². The second-order valence-electron chi connectivity index (χ2n) is 8.52. The Bertz CT molecular complexity index is 1400. The largest absolute Gasteiger partial charge is 0.467 e. The van der Waals surface area contributed by atoms with Crippen LogP contribution in [0, 0.1) is 6.92 Å². The average molecular weight is 426 g/mol. The van der Waals surface area contributed by atoms with E-state index >= 15 is 0 Å². The number of carbonyl (C=O) groups is 2. The summed E-state index contributed by atoms with van der Waals surface area (Å²) in [6.07, 6.45) is 1.04. The molecule has 1 spiro atoms. The fourth-order valence-corrected chi connectivity index (χ4v) is 4.83. The highest BCUT2D eigenvalue weighted by Gasteiger charge is 2.43. The van der Waals surface area contributed by atoms with Crippen LogP contribution >= 0.6 is 0 Å². The molecule has 2 amide bonds. The molecule has 7 nitrogen and oxygen atoms in total. The number of nitrogens with zero attached hydrogens (tertiary/aromatic N) is 2. The van der Waals surface area contributed by atoms with Crippen molar-refractivity contribution in [2.75, 3.05) is 13.1 Å². The van der Waals surface area contributed by atoms with Crippen LogP contribution in [0.25, 0.3) is 21.8 Å². The fraction of sp³-hybridized carbons (Fsp3) is 0.240. The van der Waals surface area contributed by atoms with E-state index in [9.17, 15) is 9.59 Å². The molecule has 4 heterocycles. The van der Waals surface area contributed by atoms with Gasteiger partial charge in [0, 0.05) is 42.2 Å². The first-order chi connectivity index (χ1) is 15.5. The van der Waals surface area contributed by atoms with Crippen LogP contribution < -0.4 is 10.1 Å². The number of aromatic nitrogens is 2. The summed E-state index contributed by atoms with van der Waals surface area (Å²) < 4.78 is 6.19. The van der Waals surface area contributed by atoms with Gasteiger partial charge < -0.3 is 19.9 Å². The highest BCUT2D eigenvalue weighted by Crippen LogP contribution is 2.34. The molecule has 7 heteroatoms. The van der Waals surface area contributed by atoms with Crippen LogP contribution in [0.4, 0.5) is 0 Å². The van der Waals surface area contributed by atoms with Crippen LogP contribution in [-0.4, -0.2) is 45.5 Å². The third-order valence-electron chi connectivity index (χ3n) is 6.53. The first-order valence-corrected chi connectivity index (χ1v) is 10.8. The Balaban J connectivity index is 1.26. The maximum absolute atomic E-state index is 13.3. The zero-order valence-corrected chi connectivity index (χ0v) is 17.6. The van der Waals surface area contributed by atoms with E-state index < -0.39 is 5.72 Å². The normalized spacial score (nSPS) is 17.3. The number of benzene rings is 2. The summed E-state index contributed by atoms with van der Waals surface area (Å²) >= 11 is 0. The van der Waals surface area contributed by atoms with E-state index in [1.807, 2.05) is 55.5 Å². The highest BCUT2D eigenvalue weighted by molar-refractivity contribution is 6.10. The van der Waals surface area contributed by atoms with Gasteiger partial charge in [0.1, 0.15) is 11.4 Å². The fourth-order valence-electron chi connectivity index (χ4n) is 4.83. The first kappa shape index (κ1) is 18.9. The number of nitrogens with one attached hydrogen (secondary N) is 2. The van der Waals surface area contributed by atoms with Crippen molar-refractivity contribution < 1.29 is 14.3 Å². The van der Waals surface area contributed by atoms with Crippen LogP contribution in [0.15, 0.2) is 54.6 Å². The number of piperidine rings is 1. The third-order valence-corrected chi connectivity index (χ3v) is 6.53. The molecule has 2 N–H and O–H groups in total. The van der Waals surface area contributed by atoms with Gasteiger partial charge in [-0.15, -0.1) is 0 Å². The van der Waals surface area contributed by atoms with Gasteiger partial charge in [-0.25, -0.2) is 4.98 Å². The number of aryl methyl sites for hydroxylation is 1. The average Bonchev–Trinajstić information content (AvgIpc) is 3.19. The highest BCUT2D eigenvalue weighted by atomic mass is 16.5. The molecular formula is C25H22N4O3. The molecule has 1 saturated heterocycles. The summed E-state index contributed by atoms with van der Waals surface area (Å²) in [4.78, 5) is 35.7. The second kappa shape index (κ2) is 6.82. The number of hydrogen-bond acceptors (Lipinski definition) is 4. The zero-order valence-electron chi connectivity index (χ0n) is 17.6. The van der Waals surface area contributed by atoms with Gasteiger partial charge in [-0.2, -0.15) is 0 Å². The zero-order chi connectivity index (χ0) is 21.9. The van der Waals surface area contributed by atoms with Gasteiger partial charge in [-0.05, 0) is 31.2 Å². The molecular weight excluding hydrogens is 404 g/mol. The smallest absolute Gasteiger partial charge is 0.272 e. The standard InChI is InChI=1S/C25H22N4O3/c1-15-22-18(16-6-2-4-8-19(16)27-22)14-20(26-15)24(31)29-12-10-25(11-13-29)28-23(30)17-7-3-5-9-21(17)32-25/h2-9,14,27H,10-13H2,1H3,(H,28,30). The molecule has 4 aromatic rings. The third kappa shape index (κ3) is 2.85. The lowest BCUT2D eigenvalue weighted by Crippen LogP contribution is -2.61. The maximum atomic E-state index is 13.3. The number of para-hydroxylation sites is 2. The van der Waals surface area contributed by atoms with Crippen molar-refractivity contribution in [3.05, 3.63) is 71.5 Å². The minimum atomic E-state index is -0.771. The number of hydrogen-bond donors (Lipinski definition) is 2. The van der Waals surface area contributed by atoms with Crippen molar-refractivity contribution in [1.29, 1.82) is 0 Å². The monoisotopic (exact) mass is 426 g/mol. The summed E-state index contributed by atoms with van der Waals surface area (Å²) in [5.74, 6) is 0.365. The number of H-pyrrole nitrogens is 1. The van der Waals surface area contributed by atoms with Crippen LogP contribution in [0.1, 0.15) is 39.4 Å². The maximum Gasteiger partial charge on any atom is 0.272 e. The predicted octanol–water partition coefficient (Wildman–Crippen LogP) is 3.78. The summed E-state index contributed by atoms with van der Waals surface area (Å²) in [6.45, 7) is 2.88. The van der Waals surface area contributed by atoms with Gasteiger partial charge in [0.2, 0.25) is 0 Å². The molecule has 2 aliphatic rings. The van der Waals surface area contributed by atoms with E-state index in [-0.39, 0.29) is 11.8 Å². The minimum Gasteiger partial charge on any atom is -0.467 e. The Kier molecular flexibility index (Phi) is 4.02. The van der Waals surface area contributed by atoms with E-state index in [0.717, 1.165) is 27.5 Å². The summed E-state index contributed by atoms with van der Waals surface area (Å²) in [5.41, 5.74) is 3.00. The van der Waals surface area contributed by atoms with Crippen LogP contribution in [0.5, 0.6) is 5.75 Å². The number of aromatic amines is 1. The molecule has 0 unspecified atom stereocenters. The quantitative estimate of drug-likeness (QED) is 0.485. The first-order valence-electron chi connectivity index (χ1n) is 10.8. The number of rotatable bonds is 1. The molecule has 2 aromatic carbocycles. The molecule has 0 radical (unpaired) electrons. The predicted molar refractivity (Wildman–Crippen MR) is 121 cm³/mol. The van der Waals surface area contributed by atoms with Gasteiger partial charge in [-0.1, -0.05) is 30.3 Å². The van der Waals surface area contributed by atoms with Crippen molar-refractivity contribution in [3.8, 4) is 5.75 Å².